The molecule has 19 heavy (non-hydrogen) atoms. The van der Waals surface area contributed by atoms with Gasteiger partial charge in [0, 0.05) is 6.04 Å². The van der Waals surface area contributed by atoms with Crippen molar-refractivity contribution in [3.05, 3.63) is 34.9 Å². The van der Waals surface area contributed by atoms with Crippen LogP contribution in [-0.4, -0.2) is 18.5 Å². The molecular formula is C16H24N2O. The smallest absolute Gasteiger partial charge is 0.227 e. The molecule has 104 valence electrons. The number of aryl methyl sites for hydroxylation is 2. The van der Waals surface area contributed by atoms with Gasteiger partial charge in [-0.3, -0.25) is 4.79 Å². The summed E-state index contributed by atoms with van der Waals surface area (Å²) in [4.78, 5) is 12.4. The van der Waals surface area contributed by atoms with Gasteiger partial charge in [0.05, 0.1) is 5.92 Å². The molecule has 0 saturated heterocycles. The van der Waals surface area contributed by atoms with Crippen LogP contribution in [0, 0.1) is 13.8 Å². The van der Waals surface area contributed by atoms with E-state index >= 15 is 0 Å². The van der Waals surface area contributed by atoms with E-state index in [0.29, 0.717) is 12.6 Å². The van der Waals surface area contributed by atoms with Gasteiger partial charge in [-0.2, -0.15) is 0 Å². The lowest BCUT2D eigenvalue weighted by atomic mass is 9.89. The summed E-state index contributed by atoms with van der Waals surface area (Å²) in [5.41, 5.74) is 9.19. The summed E-state index contributed by atoms with van der Waals surface area (Å²) in [6.45, 7) is 4.80. The van der Waals surface area contributed by atoms with Crippen molar-refractivity contribution in [2.45, 2.75) is 51.5 Å². The first-order chi connectivity index (χ1) is 9.11. The summed E-state index contributed by atoms with van der Waals surface area (Å²) in [7, 11) is 0. The lowest BCUT2D eigenvalue weighted by Crippen LogP contribution is -2.31. The molecule has 3 heteroatoms. The third-order valence-electron chi connectivity index (χ3n) is 3.74. The molecule has 0 radical (unpaired) electrons. The number of carbonyl (C=O) groups is 1. The molecule has 3 N–H and O–H groups in total. The van der Waals surface area contributed by atoms with Gasteiger partial charge in [0.25, 0.3) is 0 Å². The Balaban J connectivity index is 2.16. The molecule has 0 aromatic heterocycles. The molecule has 1 unspecified atom stereocenters. The zero-order chi connectivity index (χ0) is 13.8. The lowest BCUT2D eigenvalue weighted by Gasteiger charge is -2.19. The Morgan fingerprint density at radius 1 is 1.42 bits per heavy atom. The van der Waals surface area contributed by atoms with Gasteiger partial charge < -0.3 is 11.1 Å². The van der Waals surface area contributed by atoms with Gasteiger partial charge in [0.15, 0.2) is 0 Å². The fraction of sp³-hybridized carbons (Fsp3) is 0.562. The summed E-state index contributed by atoms with van der Waals surface area (Å²) in [5, 5.41) is 3.12. The Bertz CT molecular complexity index is 452. The monoisotopic (exact) mass is 260 g/mol. The van der Waals surface area contributed by atoms with Crippen LogP contribution in [0.2, 0.25) is 0 Å². The predicted molar refractivity (Wildman–Crippen MR) is 78.1 cm³/mol. The number of nitrogens with two attached hydrogens (primary N) is 1. The van der Waals surface area contributed by atoms with Crippen molar-refractivity contribution in [3.63, 3.8) is 0 Å². The van der Waals surface area contributed by atoms with Crippen molar-refractivity contribution in [3.8, 4) is 0 Å². The highest BCUT2D eigenvalue weighted by Gasteiger charge is 2.28. The number of rotatable bonds is 6. The molecular weight excluding hydrogens is 236 g/mol. The minimum atomic E-state index is -0.0512. The quantitative estimate of drug-likeness (QED) is 0.825. The third kappa shape index (κ3) is 3.80. The average Bonchev–Trinajstić information content (AvgIpc) is 3.15. The largest absolute Gasteiger partial charge is 0.353 e. The first-order valence-electron chi connectivity index (χ1n) is 7.19. The lowest BCUT2D eigenvalue weighted by molar-refractivity contribution is -0.122. The second-order valence-corrected chi connectivity index (χ2v) is 5.63. The highest BCUT2D eigenvalue weighted by Crippen LogP contribution is 2.27. The first-order valence-corrected chi connectivity index (χ1v) is 7.19. The van der Waals surface area contributed by atoms with Crippen LogP contribution in [-0.2, 0) is 4.79 Å². The molecule has 1 saturated carbocycles. The molecule has 1 aromatic rings. The molecule has 0 aliphatic heterocycles. The van der Waals surface area contributed by atoms with E-state index in [1.54, 1.807) is 0 Å². The highest BCUT2D eigenvalue weighted by atomic mass is 16.2. The third-order valence-corrected chi connectivity index (χ3v) is 3.74. The van der Waals surface area contributed by atoms with Crippen molar-refractivity contribution in [1.82, 2.24) is 5.32 Å². The molecule has 1 aliphatic carbocycles. The summed E-state index contributed by atoms with van der Waals surface area (Å²) in [5.74, 6) is 0.118. The van der Waals surface area contributed by atoms with Crippen LogP contribution in [0.1, 0.15) is 48.3 Å². The Morgan fingerprint density at radius 3 is 2.74 bits per heavy atom. The van der Waals surface area contributed by atoms with Crippen molar-refractivity contribution in [1.29, 1.82) is 0 Å². The van der Waals surface area contributed by atoms with Gasteiger partial charge in [-0.15, -0.1) is 0 Å². The Kier molecular flexibility index (Phi) is 4.59. The van der Waals surface area contributed by atoms with E-state index in [1.807, 2.05) is 0 Å². The van der Waals surface area contributed by atoms with Crippen LogP contribution in [0.5, 0.6) is 0 Å². The normalized spacial score (nSPS) is 16.2. The van der Waals surface area contributed by atoms with Crippen LogP contribution in [0.25, 0.3) is 0 Å². The number of nitrogens with one attached hydrogen (secondary N) is 1. The van der Waals surface area contributed by atoms with E-state index in [4.69, 9.17) is 5.73 Å². The average molecular weight is 260 g/mol. The molecule has 1 aromatic carbocycles. The Morgan fingerprint density at radius 2 is 2.16 bits per heavy atom. The summed E-state index contributed by atoms with van der Waals surface area (Å²) >= 11 is 0. The second-order valence-electron chi connectivity index (χ2n) is 5.63. The molecule has 0 spiro atoms. The number of hydrogen-bond donors (Lipinski definition) is 2. The highest BCUT2D eigenvalue weighted by molar-refractivity contribution is 5.84. The number of carbonyl (C=O) groups excluding carboxylic acids is 1. The fourth-order valence-electron chi connectivity index (χ4n) is 2.50. The number of hydrogen-bond acceptors (Lipinski definition) is 2. The van der Waals surface area contributed by atoms with Crippen molar-refractivity contribution in [2.75, 3.05) is 6.54 Å². The molecule has 2 rings (SSSR count). The maximum atomic E-state index is 12.4. The summed E-state index contributed by atoms with van der Waals surface area (Å²) in [6, 6.07) is 6.74. The van der Waals surface area contributed by atoms with Crippen LogP contribution in [0.3, 0.4) is 0 Å². The van der Waals surface area contributed by atoms with Gasteiger partial charge in [-0.1, -0.05) is 23.8 Å². The minimum absolute atomic E-state index is 0.0512. The minimum Gasteiger partial charge on any atom is -0.353 e. The van der Waals surface area contributed by atoms with Gasteiger partial charge in [-0.25, -0.2) is 0 Å². The molecule has 1 amide bonds. The molecule has 0 bridgehead atoms. The van der Waals surface area contributed by atoms with Gasteiger partial charge in [0.2, 0.25) is 5.91 Å². The van der Waals surface area contributed by atoms with E-state index in [1.165, 1.54) is 11.1 Å². The summed E-state index contributed by atoms with van der Waals surface area (Å²) < 4.78 is 0. The van der Waals surface area contributed by atoms with Crippen LogP contribution >= 0.6 is 0 Å². The van der Waals surface area contributed by atoms with E-state index < -0.39 is 0 Å². The molecule has 3 nitrogen and oxygen atoms in total. The van der Waals surface area contributed by atoms with Crippen LogP contribution in [0.4, 0.5) is 0 Å². The first kappa shape index (κ1) is 14.1. The van der Waals surface area contributed by atoms with Crippen molar-refractivity contribution in [2.24, 2.45) is 5.73 Å². The zero-order valence-electron chi connectivity index (χ0n) is 11.9. The van der Waals surface area contributed by atoms with Gasteiger partial charge >= 0.3 is 0 Å². The molecule has 0 heterocycles. The number of benzene rings is 1. The van der Waals surface area contributed by atoms with Crippen LogP contribution in [0.15, 0.2) is 18.2 Å². The predicted octanol–water partition coefficient (Wildman–Crippen LogP) is 2.40. The van der Waals surface area contributed by atoms with E-state index in [-0.39, 0.29) is 11.8 Å². The fourth-order valence-corrected chi connectivity index (χ4v) is 2.50. The second kappa shape index (κ2) is 6.20. The maximum absolute atomic E-state index is 12.4. The Labute approximate surface area is 115 Å². The molecule has 1 aliphatic rings. The molecule has 1 fully saturated rings. The standard InChI is InChI=1S/C16H24N2O/c1-11-5-8-14(12(2)10-11)15(4-3-9-17)16(19)18-13-6-7-13/h5,8,10,13,15H,3-4,6-7,9,17H2,1-2H3,(H,18,19). The van der Waals surface area contributed by atoms with E-state index in [2.05, 4.69) is 37.4 Å². The van der Waals surface area contributed by atoms with Crippen molar-refractivity contribution >= 4 is 5.91 Å². The van der Waals surface area contributed by atoms with Crippen molar-refractivity contribution < 1.29 is 4.79 Å². The topological polar surface area (TPSA) is 55.1 Å². The maximum Gasteiger partial charge on any atom is 0.227 e. The Hall–Kier alpha value is -1.35. The number of amides is 1. The SMILES string of the molecule is Cc1ccc(C(CCCN)C(=O)NC2CC2)c(C)c1. The summed E-state index contributed by atoms with van der Waals surface area (Å²) in [6.07, 6.45) is 3.97. The molecule has 1 atom stereocenters. The van der Waals surface area contributed by atoms with Crippen LogP contribution < -0.4 is 11.1 Å². The zero-order valence-corrected chi connectivity index (χ0v) is 11.9. The van der Waals surface area contributed by atoms with Gasteiger partial charge in [-0.05, 0) is 57.2 Å². The van der Waals surface area contributed by atoms with E-state index in [9.17, 15) is 4.79 Å². The van der Waals surface area contributed by atoms with E-state index in [0.717, 1.165) is 31.2 Å². The van der Waals surface area contributed by atoms with Gasteiger partial charge in [0.1, 0.15) is 0 Å².